The zero-order chi connectivity index (χ0) is 16.3. The lowest BCUT2D eigenvalue weighted by molar-refractivity contribution is 0.0517. The Bertz CT molecular complexity index is 677. The van der Waals surface area contributed by atoms with Gasteiger partial charge in [-0.05, 0) is 19.1 Å². The monoisotopic (exact) mass is 319 g/mol. The van der Waals surface area contributed by atoms with Gasteiger partial charge in [0.25, 0.3) is 0 Å². The highest BCUT2D eigenvalue weighted by Gasteiger charge is 2.32. The van der Waals surface area contributed by atoms with Crippen LogP contribution in [0.25, 0.3) is 5.69 Å². The van der Waals surface area contributed by atoms with Gasteiger partial charge in [-0.1, -0.05) is 37.0 Å². The lowest BCUT2D eigenvalue weighted by Crippen LogP contribution is -2.43. The molecule has 0 aliphatic carbocycles. The number of hydrogen-bond donors (Lipinski definition) is 0. The van der Waals surface area contributed by atoms with Crippen LogP contribution < -0.4 is 10.1 Å². The minimum Gasteiger partial charge on any atom is -0.494 e. The largest absolute Gasteiger partial charge is 0.494 e. The van der Waals surface area contributed by atoms with Crippen molar-refractivity contribution in [1.82, 2.24) is 15.0 Å². The Morgan fingerprint density at radius 1 is 1.27 bits per heavy atom. The molecule has 0 bridgehead atoms. The van der Waals surface area contributed by atoms with Gasteiger partial charge in [-0.25, -0.2) is 9.48 Å². The molecule has 0 amide bonds. The van der Waals surface area contributed by atoms with Crippen LogP contribution >= 0.6 is 0 Å². The first-order valence-corrected chi connectivity index (χ1v) is 10.7. The first kappa shape index (κ1) is 16.2. The molecular formula is C15H21N3O3Si. The number of carbonyl (C=O) groups is 1. The highest BCUT2D eigenvalue weighted by atomic mass is 28.3. The van der Waals surface area contributed by atoms with Crippen molar-refractivity contribution in [2.24, 2.45) is 0 Å². The molecule has 22 heavy (non-hydrogen) atoms. The molecule has 1 heterocycles. The molecule has 2 rings (SSSR count). The van der Waals surface area contributed by atoms with Gasteiger partial charge in [-0.3, -0.25) is 0 Å². The Morgan fingerprint density at radius 2 is 1.95 bits per heavy atom. The minimum absolute atomic E-state index is 0.307. The number of methoxy groups -OCH3 is 1. The summed E-state index contributed by atoms with van der Waals surface area (Å²) in [5.74, 6) is 0.218. The molecule has 0 radical (unpaired) electrons. The van der Waals surface area contributed by atoms with Crippen molar-refractivity contribution in [1.29, 1.82) is 0 Å². The number of ether oxygens (including phenoxy) is 2. The van der Waals surface area contributed by atoms with E-state index in [-0.39, 0.29) is 0 Å². The fourth-order valence-electron chi connectivity index (χ4n) is 2.14. The number of esters is 1. The average molecular weight is 319 g/mol. The topological polar surface area (TPSA) is 66.2 Å². The summed E-state index contributed by atoms with van der Waals surface area (Å²) in [4.78, 5) is 12.4. The van der Waals surface area contributed by atoms with Crippen LogP contribution in [0.3, 0.4) is 0 Å². The first-order valence-electron chi connectivity index (χ1n) is 7.16. The van der Waals surface area contributed by atoms with Crippen molar-refractivity contribution < 1.29 is 14.3 Å². The third kappa shape index (κ3) is 3.04. The van der Waals surface area contributed by atoms with Crippen LogP contribution in [0, 0.1) is 0 Å². The summed E-state index contributed by atoms with van der Waals surface area (Å²) in [5.41, 5.74) is 1.07. The Hall–Kier alpha value is -2.15. The summed E-state index contributed by atoms with van der Waals surface area (Å²) < 4.78 is 12.1. The van der Waals surface area contributed by atoms with Crippen LogP contribution in [0.4, 0.5) is 0 Å². The SMILES string of the molecule is CCOC(=O)c1c([Si](C)(C)C)nnn1-c1ccccc1OC. The van der Waals surface area contributed by atoms with E-state index in [0.29, 0.717) is 23.7 Å². The molecule has 0 spiro atoms. The molecule has 7 heteroatoms. The fourth-order valence-corrected chi connectivity index (χ4v) is 3.41. The molecule has 2 aromatic rings. The van der Waals surface area contributed by atoms with E-state index in [9.17, 15) is 4.79 Å². The van der Waals surface area contributed by atoms with Gasteiger partial charge in [0.15, 0.2) is 5.69 Å². The van der Waals surface area contributed by atoms with Gasteiger partial charge in [0, 0.05) is 0 Å². The predicted molar refractivity (Wildman–Crippen MR) is 86.8 cm³/mol. The minimum atomic E-state index is -1.85. The van der Waals surface area contributed by atoms with E-state index in [1.54, 1.807) is 14.0 Å². The second-order valence-corrected chi connectivity index (χ2v) is 10.8. The molecule has 118 valence electrons. The maximum atomic E-state index is 12.4. The molecule has 0 unspecified atom stereocenters. The van der Waals surface area contributed by atoms with Gasteiger partial charge in [0.05, 0.1) is 19.0 Å². The van der Waals surface area contributed by atoms with Crippen molar-refractivity contribution >= 4 is 19.4 Å². The van der Waals surface area contributed by atoms with E-state index < -0.39 is 14.0 Å². The second-order valence-electron chi connectivity index (χ2n) is 5.84. The van der Waals surface area contributed by atoms with E-state index in [4.69, 9.17) is 9.47 Å². The van der Waals surface area contributed by atoms with Crippen molar-refractivity contribution in [2.75, 3.05) is 13.7 Å². The quantitative estimate of drug-likeness (QED) is 0.623. The smallest absolute Gasteiger partial charge is 0.358 e. The van der Waals surface area contributed by atoms with Crippen molar-refractivity contribution in [3.05, 3.63) is 30.0 Å². The van der Waals surface area contributed by atoms with E-state index in [0.717, 1.165) is 5.32 Å². The molecule has 0 saturated carbocycles. The molecule has 0 fully saturated rings. The maximum Gasteiger partial charge on any atom is 0.358 e. The zero-order valence-corrected chi connectivity index (χ0v) is 14.6. The summed E-state index contributed by atoms with van der Waals surface area (Å²) >= 11 is 0. The van der Waals surface area contributed by atoms with E-state index in [1.807, 2.05) is 24.3 Å². The molecule has 0 aliphatic heterocycles. The summed E-state index contributed by atoms with van der Waals surface area (Å²) in [7, 11) is -0.263. The maximum absolute atomic E-state index is 12.4. The van der Waals surface area contributed by atoms with Gasteiger partial charge in [-0.2, -0.15) is 0 Å². The van der Waals surface area contributed by atoms with Crippen molar-refractivity contribution in [2.45, 2.75) is 26.6 Å². The summed E-state index contributed by atoms with van der Waals surface area (Å²) in [6, 6.07) is 7.38. The number of nitrogens with zero attached hydrogens (tertiary/aromatic N) is 3. The Kier molecular flexibility index (Phi) is 4.65. The van der Waals surface area contributed by atoms with E-state index in [2.05, 4.69) is 30.0 Å². The summed E-state index contributed by atoms with van der Waals surface area (Å²) in [6.45, 7) is 8.44. The normalized spacial score (nSPS) is 11.3. The van der Waals surface area contributed by atoms with Crippen molar-refractivity contribution in [3.8, 4) is 11.4 Å². The van der Waals surface area contributed by atoms with Gasteiger partial charge in [0.2, 0.25) is 0 Å². The Balaban J connectivity index is 2.66. The molecule has 0 N–H and O–H groups in total. The highest BCUT2D eigenvalue weighted by molar-refractivity contribution is 6.88. The number of hydrogen-bond acceptors (Lipinski definition) is 5. The number of benzene rings is 1. The standard InChI is InChI=1S/C15H21N3O3Si/c1-6-21-15(19)13-14(22(3,4)5)16-17-18(13)11-9-7-8-10-12(11)20-2/h7-10H,6H2,1-5H3. The molecule has 1 aromatic heterocycles. The lowest BCUT2D eigenvalue weighted by atomic mass is 10.3. The van der Waals surface area contributed by atoms with Gasteiger partial charge >= 0.3 is 5.97 Å². The zero-order valence-electron chi connectivity index (χ0n) is 13.6. The van der Waals surface area contributed by atoms with Crippen molar-refractivity contribution in [3.63, 3.8) is 0 Å². The average Bonchev–Trinajstić information content (AvgIpc) is 2.92. The molecule has 0 aliphatic rings. The number of carbonyl (C=O) groups excluding carboxylic acids is 1. The third-order valence-corrected chi connectivity index (χ3v) is 4.92. The van der Waals surface area contributed by atoms with Crippen LogP contribution in [-0.4, -0.2) is 42.8 Å². The molecular weight excluding hydrogens is 298 g/mol. The lowest BCUT2D eigenvalue weighted by Gasteiger charge is -2.15. The molecule has 1 aromatic carbocycles. The summed E-state index contributed by atoms with van der Waals surface area (Å²) in [5, 5.41) is 9.18. The van der Waals surface area contributed by atoms with Gasteiger partial charge in [-0.15, -0.1) is 5.10 Å². The third-order valence-electron chi connectivity index (χ3n) is 3.16. The van der Waals surface area contributed by atoms with Crippen LogP contribution in [0.15, 0.2) is 24.3 Å². The summed E-state index contributed by atoms with van der Waals surface area (Å²) in [6.07, 6.45) is 0. The van der Waals surface area contributed by atoms with Gasteiger partial charge < -0.3 is 9.47 Å². The number of aromatic nitrogens is 3. The van der Waals surface area contributed by atoms with E-state index >= 15 is 0 Å². The number of para-hydroxylation sites is 2. The fraction of sp³-hybridized carbons (Fsp3) is 0.400. The Morgan fingerprint density at radius 3 is 2.55 bits per heavy atom. The van der Waals surface area contributed by atoms with Crippen LogP contribution in [0.2, 0.25) is 19.6 Å². The van der Waals surface area contributed by atoms with Gasteiger partial charge in [0.1, 0.15) is 19.5 Å². The Labute approximate surface area is 131 Å². The van der Waals surface area contributed by atoms with Crippen LogP contribution in [-0.2, 0) is 4.74 Å². The molecule has 0 atom stereocenters. The van der Waals surface area contributed by atoms with Crippen LogP contribution in [0.1, 0.15) is 17.4 Å². The molecule has 6 nitrogen and oxygen atoms in total. The van der Waals surface area contributed by atoms with Crippen LogP contribution in [0.5, 0.6) is 5.75 Å². The predicted octanol–water partition coefficient (Wildman–Crippen LogP) is 2.00. The van der Waals surface area contributed by atoms with E-state index in [1.165, 1.54) is 4.68 Å². The number of rotatable bonds is 5. The first-order chi connectivity index (χ1) is 10.4. The molecule has 0 saturated heterocycles. The highest BCUT2D eigenvalue weighted by Crippen LogP contribution is 2.23. The second kappa shape index (κ2) is 6.31.